The van der Waals surface area contributed by atoms with Crippen LogP contribution in [0.5, 0.6) is 0 Å². The van der Waals surface area contributed by atoms with Gasteiger partial charge in [-0.25, -0.2) is 0 Å². The smallest absolute Gasteiger partial charge is 0.0635 e. The van der Waals surface area contributed by atoms with Crippen molar-refractivity contribution in [3.63, 3.8) is 0 Å². The van der Waals surface area contributed by atoms with Gasteiger partial charge in [-0.2, -0.15) is 5.10 Å². The minimum atomic E-state index is 0.440. The number of nitrogens with one attached hydrogen (secondary N) is 1. The number of nitrogens with zero attached hydrogens (tertiary/aromatic N) is 2. The number of aryl methyl sites for hydroxylation is 1. The first-order chi connectivity index (χ1) is 9.48. The Morgan fingerprint density at radius 2 is 2.20 bits per heavy atom. The normalized spacial score (nSPS) is 25.9. The number of hydrogen-bond acceptors (Lipinski definition) is 2. The van der Waals surface area contributed by atoms with E-state index in [1.54, 1.807) is 0 Å². The molecule has 1 aromatic heterocycles. The van der Waals surface area contributed by atoms with Crippen LogP contribution in [0.25, 0.3) is 0 Å². The molecular weight excluding hydrogens is 314 g/mol. The monoisotopic (exact) mass is 341 g/mol. The maximum Gasteiger partial charge on any atom is 0.0635 e. The first-order valence-corrected chi connectivity index (χ1v) is 8.69. The van der Waals surface area contributed by atoms with Crippen molar-refractivity contribution in [3.8, 4) is 0 Å². The second-order valence-corrected chi connectivity index (χ2v) is 7.63. The van der Waals surface area contributed by atoms with Crippen LogP contribution in [-0.2, 0) is 6.54 Å². The molecule has 2 atom stereocenters. The predicted octanol–water partition coefficient (Wildman–Crippen LogP) is 4.18. The lowest BCUT2D eigenvalue weighted by molar-refractivity contribution is 0.154. The molecule has 1 aliphatic rings. The predicted molar refractivity (Wildman–Crippen MR) is 88.0 cm³/mol. The zero-order chi connectivity index (χ0) is 14.8. The van der Waals surface area contributed by atoms with Gasteiger partial charge in [0.1, 0.15) is 0 Å². The Balaban J connectivity index is 2.28. The quantitative estimate of drug-likeness (QED) is 0.870. The summed E-state index contributed by atoms with van der Waals surface area (Å²) in [7, 11) is 0. The van der Waals surface area contributed by atoms with Gasteiger partial charge in [0, 0.05) is 12.5 Å². The van der Waals surface area contributed by atoms with Gasteiger partial charge in [0.05, 0.1) is 16.4 Å². The Morgan fingerprint density at radius 1 is 1.45 bits per heavy atom. The van der Waals surface area contributed by atoms with Gasteiger partial charge in [-0.05, 0) is 66.5 Å². The van der Waals surface area contributed by atoms with Crippen molar-refractivity contribution >= 4 is 15.9 Å². The molecule has 20 heavy (non-hydrogen) atoms. The number of hydrogen-bond donors (Lipinski definition) is 1. The standard InChI is InChI=1S/C16H28BrN3/c1-5-18-10-12-7-8-16(3,4)9-13(12)15-14(17)11-19-20(15)6-2/h11-13,18H,5-10H2,1-4H3. The van der Waals surface area contributed by atoms with Gasteiger partial charge in [-0.3, -0.25) is 4.68 Å². The first-order valence-electron chi connectivity index (χ1n) is 7.90. The Bertz CT molecular complexity index is 439. The van der Waals surface area contributed by atoms with Crippen LogP contribution in [0.2, 0.25) is 0 Å². The van der Waals surface area contributed by atoms with E-state index in [4.69, 9.17) is 0 Å². The SMILES string of the molecule is CCNCC1CCC(C)(C)CC1c1c(Br)cnn1CC. The van der Waals surface area contributed by atoms with E-state index in [2.05, 4.69) is 58.7 Å². The van der Waals surface area contributed by atoms with E-state index in [1.165, 1.54) is 29.4 Å². The van der Waals surface area contributed by atoms with Gasteiger partial charge in [0.25, 0.3) is 0 Å². The molecule has 1 aliphatic carbocycles. The van der Waals surface area contributed by atoms with Crippen molar-refractivity contribution in [2.24, 2.45) is 11.3 Å². The summed E-state index contributed by atoms with van der Waals surface area (Å²) in [6, 6.07) is 0. The largest absolute Gasteiger partial charge is 0.317 e. The molecule has 1 N–H and O–H groups in total. The molecule has 0 aliphatic heterocycles. The van der Waals surface area contributed by atoms with Gasteiger partial charge < -0.3 is 5.32 Å². The molecule has 0 aromatic carbocycles. The molecule has 4 heteroatoms. The van der Waals surface area contributed by atoms with Crippen molar-refractivity contribution < 1.29 is 0 Å². The van der Waals surface area contributed by atoms with Gasteiger partial charge in [-0.15, -0.1) is 0 Å². The fraction of sp³-hybridized carbons (Fsp3) is 0.812. The highest BCUT2D eigenvalue weighted by atomic mass is 79.9. The third-order valence-electron chi connectivity index (χ3n) is 4.67. The molecule has 1 saturated carbocycles. The van der Waals surface area contributed by atoms with Crippen LogP contribution in [0.1, 0.15) is 58.6 Å². The number of aromatic nitrogens is 2. The van der Waals surface area contributed by atoms with Crippen LogP contribution in [-0.4, -0.2) is 22.9 Å². The summed E-state index contributed by atoms with van der Waals surface area (Å²) < 4.78 is 3.36. The summed E-state index contributed by atoms with van der Waals surface area (Å²) >= 11 is 3.72. The molecule has 2 rings (SSSR count). The van der Waals surface area contributed by atoms with Crippen LogP contribution in [0.3, 0.4) is 0 Å². The maximum atomic E-state index is 4.52. The van der Waals surface area contributed by atoms with Crippen LogP contribution >= 0.6 is 15.9 Å². The van der Waals surface area contributed by atoms with Crippen LogP contribution < -0.4 is 5.32 Å². The van der Waals surface area contributed by atoms with E-state index in [0.29, 0.717) is 11.3 Å². The molecule has 0 spiro atoms. The van der Waals surface area contributed by atoms with Gasteiger partial charge in [0.15, 0.2) is 0 Å². The molecule has 0 bridgehead atoms. The Hall–Kier alpha value is -0.350. The summed E-state index contributed by atoms with van der Waals surface area (Å²) in [5, 5.41) is 8.07. The number of rotatable bonds is 5. The van der Waals surface area contributed by atoms with E-state index in [-0.39, 0.29) is 0 Å². The molecule has 0 radical (unpaired) electrons. The van der Waals surface area contributed by atoms with Crippen molar-refractivity contribution in [2.45, 2.75) is 59.4 Å². The zero-order valence-electron chi connectivity index (χ0n) is 13.2. The average molecular weight is 342 g/mol. The molecule has 3 nitrogen and oxygen atoms in total. The minimum absolute atomic E-state index is 0.440. The Labute approximate surface area is 131 Å². The molecular formula is C16H28BrN3. The zero-order valence-corrected chi connectivity index (χ0v) is 14.8. The summed E-state index contributed by atoms with van der Waals surface area (Å²) in [5.41, 5.74) is 1.85. The highest BCUT2D eigenvalue weighted by Crippen LogP contribution is 2.47. The molecule has 114 valence electrons. The summed E-state index contributed by atoms with van der Waals surface area (Å²) in [6.45, 7) is 12.3. The van der Waals surface area contributed by atoms with Crippen LogP contribution in [0.15, 0.2) is 10.7 Å². The van der Waals surface area contributed by atoms with E-state index in [1.807, 2.05) is 6.20 Å². The van der Waals surface area contributed by atoms with E-state index < -0.39 is 0 Å². The van der Waals surface area contributed by atoms with Crippen LogP contribution in [0.4, 0.5) is 0 Å². The van der Waals surface area contributed by atoms with Crippen molar-refractivity contribution in [1.29, 1.82) is 0 Å². The lowest BCUT2D eigenvalue weighted by atomic mass is 9.66. The molecule has 1 fully saturated rings. The second kappa shape index (κ2) is 6.61. The van der Waals surface area contributed by atoms with Gasteiger partial charge >= 0.3 is 0 Å². The van der Waals surface area contributed by atoms with Crippen LogP contribution in [0, 0.1) is 11.3 Å². The van der Waals surface area contributed by atoms with E-state index in [0.717, 1.165) is 25.6 Å². The Morgan fingerprint density at radius 3 is 2.85 bits per heavy atom. The summed E-state index contributed by atoms with van der Waals surface area (Å²) in [5.74, 6) is 1.33. The topological polar surface area (TPSA) is 29.9 Å². The molecule has 1 heterocycles. The third kappa shape index (κ3) is 3.45. The molecule has 0 amide bonds. The number of halogens is 1. The maximum absolute atomic E-state index is 4.52. The van der Waals surface area contributed by atoms with E-state index >= 15 is 0 Å². The minimum Gasteiger partial charge on any atom is -0.317 e. The van der Waals surface area contributed by atoms with Crippen molar-refractivity contribution in [3.05, 3.63) is 16.4 Å². The summed E-state index contributed by atoms with van der Waals surface area (Å²) in [4.78, 5) is 0. The van der Waals surface area contributed by atoms with Crippen molar-refractivity contribution in [1.82, 2.24) is 15.1 Å². The lowest BCUT2D eigenvalue weighted by Crippen LogP contribution is -2.35. The Kier molecular flexibility index (Phi) is 5.30. The third-order valence-corrected chi connectivity index (χ3v) is 5.28. The fourth-order valence-corrected chi connectivity index (χ4v) is 4.12. The average Bonchev–Trinajstić information content (AvgIpc) is 2.77. The molecule has 0 saturated heterocycles. The molecule has 1 aromatic rings. The van der Waals surface area contributed by atoms with Crippen molar-refractivity contribution in [2.75, 3.05) is 13.1 Å². The first kappa shape index (κ1) is 16.0. The second-order valence-electron chi connectivity index (χ2n) is 6.77. The highest BCUT2D eigenvalue weighted by molar-refractivity contribution is 9.10. The lowest BCUT2D eigenvalue weighted by Gasteiger charge is -2.41. The van der Waals surface area contributed by atoms with Gasteiger partial charge in [0.2, 0.25) is 0 Å². The van der Waals surface area contributed by atoms with Gasteiger partial charge in [-0.1, -0.05) is 20.8 Å². The highest BCUT2D eigenvalue weighted by Gasteiger charge is 2.37. The molecule has 2 unspecified atom stereocenters. The fourth-order valence-electron chi connectivity index (χ4n) is 3.53. The summed E-state index contributed by atoms with van der Waals surface area (Å²) in [6.07, 6.45) is 5.86. The van der Waals surface area contributed by atoms with E-state index in [9.17, 15) is 0 Å².